The van der Waals surface area contributed by atoms with Crippen LogP contribution in [0.4, 0.5) is 8.78 Å². The highest BCUT2D eigenvalue weighted by Crippen LogP contribution is 2.18. The van der Waals surface area contributed by atoms with Crippen LogP contribution in [-0.4, -0.2) is 31.2 Å². The van der Waals surface area contributed by atoms with E-state index < -0.39 is 0 Å². The largest absolute Gasteiger partial charge is 0.312 e. The maximum absolute atomic E-state index is 13.8. The Morgan fingerprint density at radius 3 is 2.64 bits per heavy atom. The molecule has 3 aromatic rings. The van der Waals surface area contributed by atoms with Crippen LogP contribution in [0.2, 0.25) is 0 Å². The Hall–Kier alpha value is -2.67. The van der Waals surface area contributed by atoms with Crippen LogP contribution in [0.15, 0.2) is 42.6 Å². The molecule has 0 atom stereocenters. The second-order valence-electron chi connectivity index (χ2n) is 6.09. The zero-order valence-electron chi connectivity index (χ0n) is 13.6. The third-order valence-electron chi connectivity index (χ3n) is 4.42. The molecule has 25 heavy (non-hydrogen) atoms. The van der Waals surface area contributed by atoms with E-state index in [0.29, 0.717) is 37.3 Å². The Balaban J connectivity index is 1.49. The number of pyridine rings is 1. The van der Waals surface area contributed by atoms with Gasteiger partial charge < -0.3 is 4.57 Å². The molecule has 3 heterocycles. The summed E-state index contributed by atoms with van der Waals surface area (Å²) in [6, 6.07) is 9.70. The van der Waals surface area contributed by atoms with E-state index in [2.05, 4.69) is 20.1 Å². The number of hydrogen-bond acceptors (Lipinski definition) is 4. The molecule has 7 heteroatoms. The van der Waals surface area contributed by atoms with Crippen LogP contribution in [0.3, 0.4) is 0 Å². The molecular weight excluding hydrogens is 324 g/mol. The Labute approximate surface area is 144 Å². The minimum atomic E-state index is -0.296. The summed E-state index contributed by atoms with van der Waals surface area (Å²) in [6.07, 6.45) is 2.01. The predicted molar refractivity (Wildman–Crippen MR) is 87.5 cm³/mol. The first-order valence-electron chi connectivity index (χ1n) is 8.17. The van der Waals surface area contributed by atoms with Crippen molar-refractivity contribution in [3.05, 3.63) is 77.1 Å². The maximum atomic E-state index is 13.8. The monoisotopic (exact) mass is 341 g/mol. The van der Waals surface area contributed by atoms with Crippen molar-refractivity contribution in [2.24, 2.45) is 0 Å². The summed E-state index contributed by atoms with van der Waals surface area (Å²) < 4.78 is 29.6. The molecule has 0 bridgehead atoms. The van der Waals surface area contributed by atoms with Crippen LogP contribution in [0.25, 0.3) is 0 Å². The number of nitrogens with zero attached hydrogens (tertiary/aromatic N) is 5. The second-order valence-corrected chi connectivity index (χ2v) is 6.09. The lowest BCUT2D eigenvalue weighted by molar-refractivity contribution is 0.202. The van der Waals surface area contributed by atoms with Crippen LogP contribution < -0.4 is 0 Å². The molecule has 128 valence electrons. The zero-order chi connectivity index (χ0) is 17.2. The first kappa shape index (κ1) is 15.8. The molecule has 0 unspecified atom stereocenters. The topological polar surface area (TPSA) is 46.8 Å². The van der Waals surface area contributed by atoms with E-state index in [0.717, 1.165) is 18.2 Å². The van der Waals surface area contributed by atoms with Gasteiger partial charge in [0.1, 0.15) is 23.3 Å². The van der Waals surface area contributed by atoms with Gasteiger partial charge in [0.05, 0.1) is 12.2 Å². The van der Waals surface area contributed by atoms with E-state index in [1.807, 2.05) is 10.6 Å². The second kappa shape index (κ2) is 6.68. The highest BCUT2D eigenvalue weighted by atomic mass is 19.1. The molecule has 4 rings (SSSR count). The zero-order valence-corrected chi connectivity index (χ0v) is 13.6. The molecule has 2 aromatic heterocycles. The lowest BCUT2D eigenvalue weighted by atomic mass is 10.1. The lowest BCUT2D eigenvalue weighted by Gasteiger charge is -2.27. The smallest absolute Gasteiger partial charge is 0.147 e. The van der Waals surface area contributed by atoms with Crippen molar-refractivity contribution >= 4 is 0 Å². The van der Waals surface area contributed by atoms with Crippen molar-refractivity contribution in [2.75, 3.05) is 6.54 Å². The summed E-state index contributed by atoms with van der Waals surface area (Å²) in [4.78, 5) is 6.18. The van der Waals surface area contributed by atoms with Crippen molar-refractivity contribution < 1.29 is 8.78 Å². The van der Waals surface area contributed by atoms with Crippen molar-refractivity contribution in [3.63, 3.8) is 0 Å². The molecule has 1 aromatic carbocycles. The molecule has 1 aliphatic heterocycles. The van der Waals surface area contributed by atoms with E-state index in [1.54, 1.807) is 24.4 Å². The average molecular weight is 341 g/mol. The normalized spacial score (nSPS) is 14.5. The third-order valence-corrected chi connectivity index (χ3v) is 4.42. The molecular formula is C18H17F2N5. The number of benzene rings is 1. The van der Waals surface area contributed by atoms with E-state index >= 15 is 0 Å². The van der Waals surface area contributed by atoms with Crippen LogP contribution in [0, 0.1) is 11.6 Å². The predicted octanol–water partition coefficient (Wildman–Crippen LogP) is 2.56. The first-order chi connectivity index (χ1) is 12.2. The number of fused-ring (bicyclic) bond motifs is 1. The van der Waals surface area contributed by atoms with Crippen LogP contribution >= 0.6 is 0 Å². The van der Waals surface area contributed by atoms with Gasteiger partial charge in [0.25, 0.3) is 0 Å². The van der Waals surface area contributed by atoms with Crippen molar-refractivity contribution in [3.8, 4) is 0 Å². The van der Waals surface area contributed by atoms with Gasteiger partial charge in [-0.1, -0.05) is 18.2 Å². The fraction of sp³-hybridized carbons (Fsp3) is 0.278. The van der Waals surface area contributed by atoms with Crippen molar-refractivity contribution in [2.45, 2.75) is 26.1 Å². The van der Waals surface area contributed by atoms with Gasteiger partial charge in [-0.05, 0) is 23.8 Å². The molecule has 0 radical (unpaired) electrons. The molecule has 1 aliphatic rings. The summed E-state index contributed by atoms with van der Waals surface area (Å²) in [5.74, 6) is 1.04. The summed E-state index contributed by atoms with van der Waals surface area (Å²) >= 11 is 0. The Morgan fingerprint density at radius 2 is 1.80 bits per heavy atom. The van der Waals surface area contributed by atoms with E-state index in [9.17, 15) is 8.78 Å². The van der Waals surface area contributed by atoms with Gasteiger partial charge in [-0.15, -0.1) is 10.2 Å². The van der Waals surface area contributed by atoms with Gasteiger partial charge in [0.2, 0.25) is 0 Å². The quantitative estimate of drug-likeness (QED) is 0.732. The molecule has 0 spiro atoms. The van der Waals surface area contributed by atoms with Gasteiger partial charge in [-0.3, -0.25) is 9.88 Å². The lowest BCUT2D eigenvalue weighted by Crippen LogP contribution is -2.34. The van der Waals surface area contributed by atoms with Crippen LogP contribution in [0.5, 0.6) is 0 Å². The van der Waals surface area contributed by atoms with Crippen LogP contribution in [-0.2, 0) is 26.1 Å². The first-order valence-corrected chi connectivity index (χ1v) is 8.17. The highest BCUT2D eigenvalue weighted by Gasteiger charge is 2.22. The Bertz CT molecular complexity index is 893. The van der Waals surface area contributed by atoms with Gasteiger partial charge in [-0.2, -0.15) is 0 Å². The highest BCUT2D eigenvalue weighted by molar-refractivity contribution is 5.21. The Kier molecular flexibility index (Phi) is 4.23. The molecule has 0 saturated carbocycles. The number of halogens is 2. The van der Waals surface area contributed by atoms with Gasteiger partial charge in [0, 0.05) is 32.3 Å². The SMILES string of the molecule is Fc1ccccc1Cc1nnc2n1CCN(Cc1ncccc1F)C2. The fourth-order valence-electron chi connectivity index (χ4n) is 3.09. The van der Waals surface area contributed by atoms with Gasteiger partial charge in [-0.25, -0.2) is 8.78 Å². The number of rotatable bonds is 4. The molecule has 0 saturated heterocycles. The average Bonchev–Trinajstić information content (AvgIpc) is 3.01. The summed E-state index contributed by atoms with van der Waals surface area (Å²) in [5, 5.41) is 8.45. The number of hydrogen-bond donors (Lipinski definition) is 0. The molecule has 0 aliphatic carbocycles. The van der Waals surface area contributed by atoms with E-state index in [1.165, 1.54) is 12.1 Å². The van der Waals surface area contributed by atoms with E-state index in [4.69, 9.17) is 0 Å². The summed E-state index contributed by atoms with van der Waals surface area (Å²) in [6.45, 7) is 2.44. The minimum Gasteiger partial charge on any atom is -0.312 e. The molecule has 0 amide bonds. The summed E-state index contributed by atoms with van der Waals surface area (Å²) in [7, 11) is 0. The molecule has 5 nitrogen and oxygen atoms in total. The van der Waals surface area contributed by atoms with Crippen LogP contribution in [0.1, 0.15) is 22.9 Å². The maximum Gasteiger partial charge on any atom is 0.147 e. The molecule has 0 fully saturated rings. The standard InChI is InChI=1S/C18H17F2N5/c19-14-5-2-1-4-13(14)10-17-22-23-18-12-24(8-9-25(17)18)11-16-15(20)6-3-7-21-16/h1-7H,8-12H2. The Morgan fingerprint density at radius 1 is 0.960 bits per heavy atom. The van der Waals surface area contributed by atoms with E-state index in [-0.39, 0.29) is 11.6 Å². The van der Waals surface area contributed by atoms with Crippen molar-refractivity contribution in [1.82, 2.24) is 24.6 Å². The van der Waals surface area contributed by atoms with Gasteiger partial charge in [0.15, 0.2) is 0 Å². The minimum absolute atomic E-state index is 0.233. The molecule has 0 N–H and O–H groups in total. The fourth-order valence-corrected chi connectivity index (χ4v) is 3.09. The number of aromatic nitrogens is 4. The third kappa shape index (κ3) is 3.28. The van der Waals surface area contributed by atoms with Gasteiger partial charge >= 0.3 is 0 Å². The van der Waals surface area contributed by atoms with Crippen molar-refractivity contribution in [1.29, 1.82) is 0 Å². The summed E-state index contributed by atoms with van der Waals surface area (Å²) in [5.41, 5.74) is 1.04.